The molecule has 0 aliphatic carbocycles. The van der Waals surface area contributed by atoms with Gasteiger partial charge in [0, 0.05) is 30.5 Å². The zero-order valence-electron chi connectivity index (χ0n) is 12.3. The van der Waals surface area contributed by atoms with Gasteiger partial charge in [-0.05, 0) is 36.2 Å². The number of rotatable bonds is 5. The fourth-order valence-electron chi connectivity index (χ4n) is 2.15. The first-order valence-corrected chi connectivity index (χ1v) is 6.89. The Bertz CT molecular complexity index is 551. The zero-order chi connectivity index (χ0) is 14.5. The standard InChI is InChI=1S/C17H22N2O/c1-4-17(18)13-8-10-14(11-9-13)19(2)15-6-5-7-16(12-15)20-3/h5-12,17H,4,18H2,1-3H3/t17-/m1/s1. The van der Waals surface area contributed by atoms with Gasteiger partial charge in [-0.1, -0.05) is 25.1 Å². The van der Waals surface area contributed by atoms with Gasteiger partial charge in [0.25, 0.3) is 0 Å². The van der Waals surface area contributed by atoms with Crippen molar-refractivity contribution < 1.29 is 4.74 Å². The Kier molecular flexibility index (Phi) is 4.64. The maximum atomic E-state index is 6.04. The van der Waals surface area contributed by atoms with Crippen LogP contribution in [0.2, 0.25) is 0 Å². The molecule has 0 aliphatic heterocycles. The Hall–Kier alpha value is -2.00. The van der Waals surface area contributed by atoms with Crippen molar-refractivity contribution in [3.8, 4) is 5.75 Å². The van der Waals surface area contributed by atoms with Crippen LogP contribution in [-0.4, -0.2) is 14.2 Å². The number of nitrogens with two attached hydrogens (primary N) is 1. The largest absolute Gasteiger partial charge is 0.497 e. The molecular formula is C17H22N2O. The van der Waals surface area contributed by atoms with E-state index in [1.54, 1.807) is 7.11 Å². The number of methoxy groups -OCH3 is 1. The van der Waals surface area contributed by atoms with Gasteiger partial charge in [0.1, 0.15) is 5.75 Å². The molecule has 0 heterocycles. The van der Waals surface area contributed by atoms with Crippen LogP contribution in [-0.2, 0) is 0 Å². The molecule has 2 N–H and O–H groups in total. The molecule has 0 aliphatic rings. The molecular weight excluding hydrogens is 248 g/mol. The molecule has 1 atom stereocenters. The van der Waals surface area contributed by atoms with E-state index < -0.39 is 0 Å². The number of nitrogens with zero attached hydrogens (tertiary/aromatic N) is 1. The Balaban J connectivity index is 2.22. The summed E-state index contributed by atoms with van der Waals surface area (Å²) in [6.07, 6.45) is 0.949. The summed E-state index contributed by atoms with van der Waals surface area (Å²) in [6, 6.07) is 16.5. The van der Waals surface area contributed by atoms with Crippen LogP contribution in [0.3, 0.4) is 0 Å². The highest BCUT2D eigenvalue weighted by atomic mass is 16.5. The summed E-state index contributed by atoms with van der Waals surface area (Å²) in [5.74, 6) is 0.860. The first-order valence-electron chi connectivity index (χ1n) is 6.89. The molecule has 2 aromatic rings. The maximum Gasteiger partial charge on any atom is 0.120 e. The third-order valence-electron chi connectivity index (χ3n) is 3.59. The zero-order valence-corrected chi connectivity index (χ0v) is 12.3. The summed E-state index contributed by atoms with van der Waals surface area (Å²) >= 11 is 0. The average Bonchev–Trinajstić information content (AvgIpc) is 2.53. The van der Waals surface area contributed by atoms with E-state index in [9.17, 15) is 0 Å². The van der Waals surface area contributed by atoms with Crippen molar-refractivity contribution >= 4 is 11.4 Å². The SMILES string of the molecule is CC[C@@H](N)c1ccc(N(C)c2cccc(OC)c2)cc1. The van der Waals surface area contributed by atoms with Crippen LogP contribution in [0.25, 0.3) is 0 Å². The van der Waals surface area contributed by atoms with Crippen molar-refractivity contribution in [3.05, 3.63) is 54.1 Å². The lowest BCUT2D eigenvalue weighted by Crippen LogP contribution is -2.11. The second-order valence-corrected chi connectivity index (χ2v) is 4.87. The Morgan fingerprint density at radius 1 is 1.10 bits per heavy atom. The fourth-order valence-corrected chi connectivity index (χ4v) is 2.15. The van der Waals surface area contributed by atoms with Crippen LogP contribution in [0.5, 0.6) is 5.75 Å². The molecule has 0 amide bonds. The lowest BCUT2D eigenvalue weighted by Gasteiger charge is -2.21. The molecule has 0 fully saturated rings. The molecule has 2 aromatic carbocycles. The second-order valence-electron chi connectivity index (χ2n) is 4.87. The monoisotopic (exact) mass is 270 g/mol. The topological polar surface area (TPSA) is 38.5 Å². The number of anilines is 2. The molecule has 0 spiro atoms. The number of hydrogen-bond donors (Lipinski definition) is 1. The van der Waals surface area contributed by atoms with Crippen LogP contribution < -0.4 is 15.4 Å². The summed E-state index contributed by atoms with van der Waals surface area (Å²) in [6.45, 7) is 2.10. The van der Waals surface area contributed by atoms with Crippen LogP contribution in [0.1, 0.15) is 24.9 Å². The summed E-state index contributed by atoms with van der Waals surface area (Å²) in [5, 5.41) is 0. The van der Waals surface area contributed by atoms with E-state index >= 15 is 0 Å². The van der Waals surface area contributed by atoms with Gasteiger partial charge in [0.05, 0.1) is 7.11 Å². The summed E-state index contributed by atoms with van der Waals surface area (Å²) in [7, 11) is 3.73. The van der Waals surface area contributed by atoms with E-state index in [-0.39, 0.29) is 6.04 Å². The summed E-state index contributed by atoms with van der Waals surface area (Å²) in [4.78, 5) is 2.13. The highest BCUT2D eigenvalue weighted by Gasteiger charge is 2.07. The summed E-state index contributed by atoms with van der Waals surface area (Å²) < 4.78 is 5.26. The minimum absolute atomic E-state index is 0.117. The van der Waals surface area contributed by atoms with E-state index in [0.717, 1.165) is 23.5 Å². The van der Waals surface area contributed by atoms with Gasteiger partial charge in [-0.25, -0.2) is 0 Å². The maximum absolute atomic E-state index is 6.04. The van der Waals surface area contributed by atoms with Crippen LogP contribution >= 0.6 is 0 Å². The minimum Gasteiger partial charge on any atom is -0.497 e. The van der Waals surface area contributed by atoms with Gasteiger partial charge in [0.2, 0.25) is 0 Å². The van der Waals surface area contributed by atoms with Gasteiger partial charge in [-0.15, -0.1) is 0 Å². The first kappa shape index (κ1) is 14.4. The molecule has 0 aromatic heterocycles. The van der Waals surface area contributed by atoms with E-state index in [0.29, 0.717) is 0 Å². The lowest BCUT2D eigenvalue weighted by molar-refractivity contribution is 0.415. The average molecular weight is 270 g/mol. The third-order valence-corrected chi connectivity index (χ3v) is 3.59. The smallest absolute Gasteiger partial charge is 0.120 e. The Labute approximate surface area is 121 Å². The number of ether oxygens (including phenoxy) is 1. The van der Waals surface area contributed by atoms with Gasteiger partial charge in [-0.2, -0.15) is 0 Å². The summed E-state index contributed by atoms with van der Waals surface area (Å²) in [5.41, 5.74) is 9.44. The number of hydrogen-bond acceptors (Lipinski definition) is 3. The molecule has 3 heteroatoms. The second kappa shape index (κ2) is 6.44. The van der Waals surface area contributed by atoms with Crippen LogP contribution in [0.15, 0.2) is 48.5 Å². The van der Waals surface area contributed by atoms with E-state index in [1.165, 1.54) is 5.56 Å². The van der Waals surface area contributed by atoms with Crippen molar-refractivity contribution in [2.75, 3.05) is 19.1 Å². The van der Waals surface area contributed by atoms with Crippen molar-refractivity contribution in [1.29, 1.82) is 0 Å². The van der Waals surface area contributed by atoms with Gasteiger partial charge in [-0.3, -0.25) is 0 Å². The van der Waals surface area contributed by atoms with Crippen LogP contribution in [0, 0.1) is 0 Å². The molecule has 0 bridgehead atoms. The van der Waals surface area contributed by atoms with Crippen molar-refractivity contribution in [1.82, 2.24) is 0 Å². The molecule has 20 heavy (non-hydrogen) atoms. The van der Waals surface area contributed by atoms with E-state index in [1.807, 2.05) is 25.2 Å². The molecule has 2 rings (SSSR count). The Morgan fingerprint density at radius 2 is 1.80 bits per heavy atom. The molecule has 0 saturated carbocycles. The number of benzene rings is 2. The lowest BCUT2D eigenvalue weighted by atomic mass is 10.1. The van der Waals surface area contributed by atoms with E-state index in [4.69, 9.17) is 10.5 Å². The van der Waals surface area contributed by atoms with Crippen molar-refractivity contribution in [3.63, 3.8) is 0 Å². The van der Waals surface area contributed by atoms with Crippen LogP contribution in [0.4, 0.5) is 11.4 Å². The van der Waals surface area contributed by atoms with Crippen molar-refractivity contribution in [2.24, 2.45) is 5.73 Å². The van der Waals surface area contributed by atoms with Gasteiger partial charge < -0.3 is 15.4 Å². The predicted molar refractivity (Wildman–Crippen MR) is 84.7 cm³/mol. The molecule has 3 nitrogen and oxygen atoms in total. The quantitative estimate of drug-likeness (QED) is 0.896. The predicted octanol–water partition coefficient (Wildman–Crippen LogP) is 3.87. The fraction of sp³-hybridized carbons (Fsp3) is 0.294. The first-order chi connectivity index (χ1) is 9.65. The normalized spacial score (nSPS) is 12.0. The van der Waals surface area contributed by atoms with Gasteiger partial charge in [0.15, 0.2) is 0 Å². The highest BCUT2D eigenvalue weighted by Crippen LogP contribution is 2.27. The van der Waals surface area contributed by atoms with Crippen molar-refractivity contribution in [2.45, 2.75) is 19.4 Å². The van der Waals surface area contributed by atoms with E-state index in [2.05, 4.69) is 42.2 Å². The third kappa shape index (κ3) is 3.11. The molecule has 0 radical (unpaired) electrons. The molecule has 0 unspecified atom stereocenters. The Morgan fingerprint density at radius 3 is 2.40 bits per heavy atom. The molecule has 0 saturated heterocycles. The highest BCUT2D eigenvalue weighted by molar-refractivity contribution is 5.64. The minimum atomic E-state index is 0.117. The van der Waals surface area contributed by atoms with Gasteiger partial charge >= 0.3 is 0 Å². The molecule has 106 valence electrons.